The SMILES string of the molecule is Cc1nnc(CN=C(NCCCN2CCOCC2)NCC2(CC(C)C)CCCC2)n1C.I. The molecule has 184 valence electrons. The second-order valence-corrected chi connectivity index (χ2v) is 9.78. The van der Waals surface area contributed by atoms with Gasteiger partial charge >= 0.3 is 0 Å². The molecule has 1 aromatic heterocycles. The molecule has 1 saturated carbocycles. The van der Waals surface area contributed by atoms with Crippen LogP contribution in [0.15, 0.2) is 4.99 Å². The fourth-order valence-corrected chi connectivity index (χ4v) is 4.96. The van der Waals surface area contributed by atoms with Gasteiger partial charge in [0.2, 0.25) is 0 Å². The Bertz CT molecular complexity index is 695. The molecule has 2 aliphatic rings. The topological polar surface area (TPSA) is 79.6 Å². The minimum absolute atomic E-state index is 0. The lowest BCUT2D eigenvalue weighted by atomic mass is 9.78. The first-order valence-electron chi connectivity index (χ1n) is 12.1. The van der Waals surface area contributed by atoms with Crippen molar-refractivity contribution in [3.05, 3.63) is 11.6 Å². The van der Waals surface area contributed by atoms with Crippen molar-refractivity contribution in [2.45, 2.75) is 65.8 Å². The summed E-state index contributed by atoms with van der Waals surface area (Å²) >= 11 is 0. The lowest BCUT2D eigenvalue weighted by Gasteiger charge is -2.32. The van der Waals surface area contributed by atoms with Gasteiger partial charge < -0.3 is 19.9 Å². The van der Waals surface area contributed by atoms with Crippen molar-refractivity contribution < 1.29 is 4.74 Å². The van der Waals surface area contributed by atoms with Crippen molar-refractivity contribution in [1.29, 1.82) is 0 Å². The highest BCUT2D eigenvalue weighted by molar-refractivity contribution is 14.0. The van der Waals surface area contributed by atoms with Gasteiger partial charge in [0.05, 0.1) is 13.2 Å². The van der Waals surface area contributed by atoms with Gasteiger partial charge in [0.25, 0.3) is 0 Å². The van der Waals surface area contributed by atoms with Crippen molar-refractivity contribution in [1.82, 2.24) is 30.3 Å². The summed E-state index contributed by atoms with van der Waals surface area (Å²) in [5.41, 5.74) is 0.409. The minimum Gasteiger partial charge on any atom is -0.379 e. The fraction of sp³-hybridized carbons (Fsp3) is 0.870. The zero-order valence-corrected chi connectivity index (χ0v) is 22.9. The molecule has 9 heteroatoms. The normalized spacial score (nSPS) is 19.2. The molecule has 0 aromatic carbocycles. The highest BCUT2D eigenvalue weighted by Crippen LogP contribution is 2.42. The summed E-state index contributed by atoms with van der Waals surface area (Å²) in [6.45, 7) is 14.0. The summed E-state index contributed by atoms with van der Waals surface area (Å²) in [4.78, 5) is 7.34. The average Bonchev–Trinajstić information content (AvgIpc) is 3.34. The number of hydrogen-bond donors (Lipinski definition) is 2. The quantitative estimate of drug-likeness (QED) is 0.198. The third-order valence-electron chi connectivity index (χ3n) is 6.74. The van der Waals surface area contributed by atoms with E-state index in [1.807, 2.05) is 18.5 Å². The van der Waals surface area contributed by atoms with E-state index in [1.54, 1.807) is 0 Å². The van der Waals surface area contributed by atoms with E-state index in [0.29, 0.717) is 12.0 Å². The van der Waals surface area contributed by atoms with Gasteiger partial charge in [0.15, 0.2) is 11.8 Å². The standard InChI is InChI=1S/C23H43N7O.HI/c1-19(2)16-23(8-5-6-9-23)18-26-22(25-17-21-28-27-20(3)29(21)4)24-10-7-11-30-12-14-31-15-13-30;/h19H,5-18H2,1-4H3,(H2,24,25,26);1H. The van der Waals surface area contributed by atoms with Crippen molar-refractivity contribution in [3.8, 4) is 0 Å². The van der Waals surface area contributed by atoms with E-state index >= 15 is 0 Å². The van der Waals surface area contributed by atoms with E-state index < -0.39 is 0 Å². The Morgan fingerprint density at radius 3 is 2.50 bits per heavy atom. The van der Waals surface area contributed by atoms with Crippen LogP contribution in [0.2, 0.25) is 0 Å². The van der Waals surface area contributed by atoms with Gasteiger partial charge in [0.1, 0.15) is 12.4 Å². The summed E-state index contributed by atoms with van der Waals surface area (Å²) in [6, 6.07) is 0. The van der Waals surface area contributed by atoms with E-state index in [9.17, 15) is 0 Å². The van der Waals surface area contributed by atoms with Gasteiger partial charge in [-0.3, -0.25) is 4.90 Å². The molecule has 32 heavy (non-hydrogen) atoms. The predicted octanol–water partition coefficient (Wildman–Crippen LogP) is 3.11. The number of nitrogens with zero attached hydrogens (tertiary/aromatic N) is 5. The minimum atomic E-state index is 0. The van der Waals surface area contributed by atoms with Crippen molar-refractivity contribution >= 4 is 29.9 Å². The fourth-order valence-electron chi connectivity index (χ4n) is 4.96. The number of halogens is 1. The first kappa shape index (κ1) is 27.3. The number of aryl methyl sites for hydroxylation is 1. The van der Waals surface area contributed by atoms with Crippen molar-refractivity contribution in [3.63, 3.8) is 0 Å². The lowest BCUT2D eigenvalue weighted by molar-refractivity contribution is 0.0376. The van der Waals surface area contributed by atoms with Gasteiger partial charge in [-0.05, 0) is 50.5 Å². The highest BCUT2D eigenvalue weighted by atomic mass is 127. The summed E-state index contributed by atoms with van der Waals surface area (Å²) in [5, 5.41) is 15.7. The number of aromatic nitrogens is 3. The number of ether oxygens (including phenoxy) is 1. The van der Waals surface area contributed by atoms with E-state index in [-0.39, 0.29) is 24.0 Å². The van der Waals surface area contributed by atoms with Gasteiger partial charge in [-0.2, -0.15) is 0 Å². The zero-order valence-electron chi connectivity index (χ0n) is 20.5. The Kier molecular flexibility index (Phi) is 11.7. The molecule has 3 rings (SSSR count). The molecule has 2 fully saturated rings. The van der Waals surface area contributed by atoms with Crippen LogP contribution < -0.4 is 10.6 Å². The summed E-state index contributed by atoms with van der Waals surface area (Å²) in [7, 11) is 2.00. The molecule has 0 spiro atoms. The van der Waals surface area contributed by atoms with Gasteiger partial charge in [-0.25, -0.2) is 4.99 Å². The van der Waals surface area contributed by atoms with Crippen LogP contribution >= 0.6 is 24.0 Å². The molecule has 0 atom stereocenters. The largest absolute Gasteiger partial charge is 0.379 e. The van der Waals surface area contributed by atoms with E-state index in [4.69, 9.17) is 9.73 Å². The lowest BCUT2D eigenvalue weighted by Crippen LogP contribution is -2.44. The monoisotopic (exact) mass is 561 g/mol. The first-order valence-corrected chi connectivity index (χ1v) is 12.1. The molecule has 8 nitrogen and oxygen atoms in total. The maximum atomic E-state index is 5.45. The number of nitrogens with one attached hydrogen (secondary N) is 2. The Morgan fingerprint density at radius 2 is 1.88 bits per heavy atom. The van der Waals surface area contributed by atoms with Crippen LogP contribution in [0.5, 0.6) is 0 Å². The van der Waals surface area contributed by atoms with Crippen molar-refractivity contribution in [2.24, 2.45) is 23.4 Å². The molecule has 0 amide bonds. The Morgan fingerprint density at radius 1 is 1.16 bits per heavy atom. The van der Waals surface area contributed by atoms with Crippen molar-refractivity contribution in [2.75, 3.05) is 45.9 Å². The van der Waals surface area contributed by atoms with Crippen LogP contribution in [-0.4, -0.2) is 71.6 Å². The van der Waals surface area contributed by atoms with E-state index in [1.165, 1.54) is 32.1 Å². The maximum Gasteiger partial charge on any atom is 0.191 e. The maximum absolute atomic E-state index is 5.45. The summed E-state index contributed by atoms with van der Waals surface area (Å²) in [6.07, 6.45) is 7.74. The van der Waals surface area contributed by atoms with Crippen LogP contribution in [0, 0.1) is 18.3 Å². The Hall–Kier alpha value is -0.940. The molecule has 2 N–H and O–H groups in total. The number of guanidine groups is 1. The summed E-state index contributed by atoms with van der Waals surface area (Å²) < 4.78 is 7.46. The molecular weight excluding hydrogens is 517 g/mol. The van der Waals surface area contributed by atoms with E-state index in [2.05, 4.69) is 39.6 Å². The van der Waals surface area contributed by atoms with Crippen LogP contribution in [-0.2, 0) is 18.3 Å². The number of morpholine rings is 1. The second kappa shape index (κ2) is 13.7. The zero-order chi connectivity index (χ0) is 22.1. The molecule has 1 aliphatic carbocycles. The molecule has 1 aliphatic heterocycles. The third kappa shape index (κ3) is 8.44. The van der Waals surface area contributed by atoms with Crippen LogP contribution in [0.1, 0.15) is 64.0 Å². The molecule has 0 unspecified atom stereocenters. The molecule has 2 heterocycles. The summed E-state index contributed by atoms with van der Waals surface area (Å²) in [5.74, 6) is 3.44. The number of aliphatic imine (C=N–C) groups is 1. The van der Waals surface area contributed by atoms with E-state index in [0.717, 1.165) is 75.9 Å². The molecule has 1 saturated heterocycles. The van der Waals surface area contributed by atoms with Gasteiger partial charge in [-0.1, -0.05) is 26.7 Å². The highest BCUT2D eigenvalue weighted by Gasteiger charge is 2.34. The third-order valence-corrected chi connectivity index (χ3v) is 6.74. The number of rotatable bonds is 10. The van der Waals surface area contributed by atoms with Gasteiger partial charge in [-0.15, -0.1) is 34.2 Å². The molecule has 1 aromatic rings. The second-order valence-electron chi connectivity index (χ2n) is 9.78. The van der Waals surface area contributed by atoms with Crippen LogP contribution in [0.4, 0.5) is 0 Å². The molecule has 0 radical (unpaired) electrons. The van der Waals surface area contributed by atoms with Gasteiger partial charge in [0, 0.05) is 33.2 Å². The Labute approximate surface area is 211 Å². The average molecular weight is 562 g/mol. The molecule has 0 bridgehead atoms. The Balaban J connectivity index is 0.00000363. The molecular formula is C23H44IN7O. The van der Waals surface area contributed by atoms with Crippen LogP contribution in [0.25, 0.3) is 0 Å². The first-order chi connectivity index (χ1) is 15.0. The predicted molar refractivity (Wildman–Crippen MR) is 141 cm³/mol. The number of hydrogen-bond acceptors (Lipinski definition) is 5. The van der Waals surface area contributed by atoms with Crippen LogP contribution in [0.3, 0.4) is 0 Å². The smallest absolute Gasteiger partial charge is 0.191 e.